The maximum absolute atomic E-state index is 11.6. The van der Waals surface area contributed by atoms with E-state index in [9.17, 15) is 4.79 Å². The van der Waals surface area contributed by atoms with Gasteiger partial charge in [-0.3, -0.25) is 0 Å². The fourth-order valence-electron chi connectivity index (χ4n) is 1.90. The molecule has 3 rings (SSSR count). The lowest BCUT2D eigenvalue weighted by molar-refractivity contribution is -0.138. The van der Waals surface area contributed by atoms with Crippen molar-refractivity contribution in [3.63, 3.8) is 0 Å². The highest BCUT2D eigenvalue weighted by Crippen LogP contribution is 2.10. The third-order valence-electron chi connectivity index (χ3n) is 3.04. The van der Waals surface area contributed by atoms with Crippen molar-refractivity contribution >= 4 is 23.4 Å². The van der Waals surface area contributed by atoms with E-state index in [2.05, 4.69) is 5.10 Å². The molecular weight excluding hydrogens is 296 g/mol. The summed E-state index contributed by atoms with van der Waals surface area (Å²) in [5.74, 6) is -0.345. The van der Waals surface area contributed by atoms with Crippen molar-refractivity contribution in [2.45, 2.75) is 6.61 Å². The molecule has 0 unspecified atom stereocenters. The van der Waals surface area contributed by atoms with Crippen molar-refractivity contribution in [2.75, 3.05) is 0 Å². The number of carbonyl (C=O) groups is 1. The highest BCUT2D eigenvalue weighted by Gasteiger charge is 2.01. The Labute approximate surface area is 132 Å². The van der Waals surface area contributed by atoms with Crippen LogP contribution in [0.15, 0.2) is 65.6 Å². The quantitative estimate of drug-likeness (QED) is 0.533. The van der Waals surface area contributed by atoms with Gasteiger partial charge in [0.15, 0.2) is 0 Å². The van der Waals surface area contributed by atoms with Crippen LogP contribution in [-0.4, -0.2) is 15.7 Å². The number of hydrogen-bond acceptors (Lipinski definition) is 4. The molecule has 0 aliphatic heterocycles. The molecule has 0 radical (unpaired) electrons. The first-order chi connectivity index (χ1) is 10.8. The summed E-state index contributed by atoms with van der Waals surface area (Å²) in [6.07, 6.45) is 6.81. The Morgan fingerprint density at radius 3 is 2.82 bits per heavy atom. The van der Waals surface area contributed by atoms with Gasteiger partial charge in [0, 0.05) is 18.5 Å². The predicted molar refractivity (Wildman–Crippen MR) is 86.7 cm³/mol. The topological polar surface area (TPSA) is 44.1 Å². The van der Waals surface area contributed by atoms with Crippen molar-refractivity contribution in [3.05, 3.63) is 76.8 Å². The van der Waals surface area contributed by atoms with Crippen molar-refractivity contribution < 1.29 is 9.53 Å². The normalized spacial score (nSPS) is 10.9. The average molecular weight is 310 g/mol. The van der Waals surface area contributed by atoms with Crippen molar-refractivity contribution in [1.29, 1.82) is 0 Å². The first-order valence-corrected chi connectivity index (χ1v) is 7.71. The second-order valence-electron chi connectivity index (χ2n) is 4.61. The molecule has 0 atom stereocenters. The Hall–Kier alpha value is -2.66. The van der Waals surface area contributed by atoms with E-state index in [-0.39, 0.29) is 12.6 Å². The number of carbonyl (C=O) groups excluding carboxylic acids is 1. The van der Waals surface area contributed by atoms with Gasteiger partial charge in [-0.15, -0.1) is 0 Å². The minimum Gasteiger partial charge on any atom is -0.458 e. The molecule has 0 aliphatic carbocycles. The van der Waals surface area contributed by atoms with Gasteiger partial charge in [-0.05, 0) is 52.2 Å². The number of esters is 1. The zero-order valence-electron chi connectivity index (χ0n) is 11.8. The van der Waals surface area contributed by atoms with Crippen LogP contribution in [0.2, 0.25) is 0 Å². The number of thiophene rings is 1. The van der Waals surface area contributed by atoms with Crippen LogP contribution in [0.4, 0.5) is 0 Å². The van der Waals surface area contributed by atoms with Gasteiger partial charge >= 0.3 is 5.97 Å². The largest absolute Gasteiger partial charge is 0.458 e. The van der Waals surface area contributed by atoms with E-state index in [1.54, 1.807) is 28.3 Å². The molecule has 2 aromatic heterocycles. The maximum atomic E-state index is 11.6. The third kappa shape index (κ3) is 3.71. The summed E-state index contributed by atoms with van der Waals surface area (Å²) in [6.45, 7) is 0.256. The fraction of sp³-hybridized carbons (Fsp3) is 0.0588. The van der Waals surface area contributed by atoms with Crippen LogP contribution < -0.4 is 0 Å². The summed E-state index contributed by atoms with van der Waals surface area (Å²) < 4.78 is 6.99. The number of nitrogens with zero attached hydrogens (tertiary/aromatic N) is 2. The zero-order chi connectivity index (χ0) is 15.2. The van der Waals surface area contributed by atoms with Gasteiger partial charge in [0.25, 0.3) is 0 Å². The van der Waals surface area contributed by atoms with Crippen LogP contribution in [0.5, 0.6) is 0 Å². The smallest absolute Gasteiger partial charge is 0.331 e. The lowest BCUT2D eigenvalue weighted by Gasteiger charge is -2.04. The van der Waals surface area contributed by atoms with Crippen LogP contribution in [0.1, 0.15) is 11.1 Å². The van der Waals surface area contributed by atoms with Gasteiger partial charge in [0.05, 0.1) is 5.69 Å². The van der Waals surface area contributed by atoms with E-state index >= 15 is 0 Å². The predicted octanol–water partition coefficient (Wildman–Crippen LogP) is 3.69. The van der Waals surface area contributed by atoms with Crippen molar-refractivity contribution in [1.82, 2.24) is 9.78 Å². The second-order valence-corrected chi connectivity index (χ2v) is 5.39. The van der Waals surface area contributed by atoms with E-state index in [1.807, 2.05) is 53.4 Å². The first-order valence-electron chi connectivity index (χ1n) is 6.77. The lowest BCUT2D eigenvalue weighted by atomic mass is 10.2. The minimum atomic E-state index is -0.345. The van der Waals surface area contributed by atoms with Gasteiger partial charge in [0.2, 0.25) is 0 Å². The summed E-state index contributed by atoms with van der Waals surface area (Å²) in [5, 5.41) is 8.10. The van der Waals surface area contributed by atoms with E-state index in [4.69, 9.17) is 4.74 Å². The third-order valence-corrected chi connectivity index (χ3v) is 3.74. The lowest BCUT2D eigenvalue weighted by Crippen LogP contribution is -2.01. The van der Waals surface area contributed by atoms with Crippen LogP contribution in [0, 0.1) is 0 Å². The molecule has 4 nitrogen and oxygen atoms in total. The SMILES string of the molecule is O=C(/C=C/c1ccsc1)OCc1ccc(-n2cccn2)cc1. The minimum absolute atomic E-state index is 0.256. The number of hydrogen-bond donors (Lipinski definition) is 0. The summed E-state index contributed by atoms with van der Waals surface area (Å²) in [7, 11) is 0. The molecule has 2 heterocycles. The molecule has 1 aromatic carbocycles. The molecule has 0 saturated heterocycles. The highest BCUT2D eigenvalue weighted by molar-refractivity contribution is 7.08. The summed E-state index contributed by atoms with van der Waals surface area (Å²) in [5.41, 5.74) is 2.91. The maximum Gasteiger partial charge on any atom is 0.331 e. The first kappa shape index (κ1) is 14.3. The number of aromatic nitrogens is 2. The fourth-order valence-corrected chi connectivity index (χ4v) is 2.53. The molecule has 0 amide bonds. The van der Waals surface area contributed by atoms with Gasteiger partial charge in [-0.1, -0.05) is 12.1 Å². The van der Waals surface area contributed by atoms with Crippen molar-refractivity contribution in [3.8, 4) is 5.69 Å². The Kier molecular flexibility index (Phi) is 4.46. The molecule has 0 fully saturated rings. The van der Waals surface area contributed by atoms with Gasteiger partial charge in [0.1, 0.15) is 6.61 Å². The van der Waals surface area contributed by atoms with Gasteiger partial charge in [-0.2, -0.15) is 16.4 Å². The Morgan fingerprint density at radius 2 is 2.14 bits per heavy atom. The number of ether oxygens (including phenoxy) is 1. The van der Waals surface area contributed by atoms with Gasteiger partial charge in [-0.25, -0.2) is 9.48 Å². The second kappa shape index (κ2) is 6.87. The Balaban J connectivity index is 1.54. The highest BCUT2D eigenvalue weighted by atomic mass is 32.1. The average Bonchev–Trinajstić information content (AvgIpc) is 3.24. The molecule has 0 saturated carbocycles. The molecule has 0 N–H and O–H groups in total. The Morgan fingerprint density at radius 1 is 1.27 bits per heavy atom. The monoisotopic (exact) mass is 310 g/mol. The molecule has 110 valence electrons. The number of benzene rings is 1. The zero-order valence-corrected chi connectivity index (χ0v) is 12.6. The van der Waals surface area contributed by atoms with Crippen LogP contribution >= 0.6 is 11.3 Å². The molecule has 0 bridgehead atoms. The van der Waals surface area contributed by atoms with E-state index in [0.29, 0.717) is 0 Å². The molecular formula is C17H14N2O2S. The van der Waals surface area contributed by atoms with Gasteiger partial charge < -0.3 is 4.74 Å². The van der Waals surface area contributed by atoms with E-state index in [0.717, 1.165) is 16.8 Å². The number of rotatable bonds is 5. The summed E-state index contributed by atoms with van der Waals surface area (Å²) >= 11 is 1.59. The van der Waals surface area contributed by atoms with Crippen LogP contribution in [0.25, 0.3) is 11.8 Å². The molecule has 22 heavy (non-hydrogen) atoms. The summed E-state index contributed by atoms with van der Waals surface area (Å²) in [6, 6.07) is 11.5. The molecule has 5 heteroatoms. The van der Waals surface area contributed by atoms with Crippen LogP contribution in [-0.2, 0) is 16.1 Å². The van der Waals surface area contributed by atoms with Crippen LogP contribution in [0.3, 0.4) is 0 Å². The summed E-state index contributed by atoms with van der Waals surface area (Å²) in [4.78, 5) is 11.6. The van der Waals surface area contributed by atoms with E-state index in [1.165, 1.54) is 6.08 Å². The Bertz CT molecular complexity index is 745. The standard InChI is InChI=1S/C17H14N2O2S/c20-17(7-4-15-8-11-22-13-15)21-12-14-2-5-16(6-3-14)19-10-1-9-18-19/h1-11,13H,12H2/b7-4+. The molecule has 3 aromatic rings. The van der Waals surface area contributed by atoms with E-state index < -0.39 is 0 Å². The van der Waals surface area contributed by atoms with Crippen molar-refractivity contribution in [2.24, 2.45) is 0 Å². The molecule has 0 aliphatic rings. The molecule has 0 spiro atoms.